The molecule has 4 heteroatoms. The number of hydrogen-bond donors (Lipinski definition) is 1. The number of benzene rings is 1. The molecule has 3 aliphatic rings. The first-order valence-electron chi connectivity index (χ1n) is 9.97. The molecule has 1 aromatic carbocycles. The maximum atomic E-state index is 11.8. The molecule has 1 spiro atoms. The summed E-state index contributed by atoms with van der Waals surface area (Å²) in [6.07, 6.45) is 9.64. The summed E-state index contributed by atoms with van der Waals surface area (Å²) in [5.74, 6) is 0.248. The molecule has 2 saturated heterocycles. The van der Waals surface area contributed by atoms with Crippen LogP contribution in [0.25, 0.3) is 0 Å². The van der Waals surface area contributed by atoms with Crippen molar-refractivity contribution < 1.29 is 9.53 Å². The van der Waals surface area contributed by atoms with E-state index in [1.54, 1.807) is 0 Å². The maximum Gasteiger partial charge on any atom is 0.227 e. The van der Waals surface area contributed by atoms with Crippen molar-refractivity contribution in [3.63, 3.8) is 0 Å². The van der Waals surface area contributed by atoms with Gasteiger partial charge in [0.25, 0.3) is 0 Å². The summed E-state index contributed by atoms with van der Waals surface area (Å²) in [7, 11) is 0. The van der Waals surface area contributed by atoms with Gasteiger partial charge in [-0.05, 0) is 56.7 Å². The van der Waals surface area contributed by atoms with Gasteiger partial charge in [-0.3, -0.25) is 4.79 Å². The van der Waals surface area contributed by atoms with Crippen LogP contribution in [0.2, 0.25) is 0 Å². The minimum atomic E-state index is 0.222. The van der Waals surface area contributed by atoms with Gasteiger partial charge in [0.15, 0.2) is 0 Å². The molecule has 4 rings (SSSR count). The van der Waals surface area contributed by atoms with Crippen molar-refractivity contribution in [1.29, 1.82) is 0 Å². The van der Waals surface area contributed by atoms with Gasteiger partial charge in [-0.15, -0.1) is 0 Å². The summed E-state index contributed by atoms with van der Waals surface area (Å²) in [5.41, 5.74) is 2.52. The highest BCUT2D eigenvalue weighted by Gasteiger charge is 2.41. The molecular formula is C21H30N2O2. The van der Waals surface area contributed by atoms with Gasteiger partial charge in [0.1, 0.15) is 0 Å². The van der Waals surface area contributed by atoms with Crippen molar-refractivity contribution in [1.82, 2.24) is 5.32 Å². The van der Waals surface area contributed by atoms with E-state index in [-0.39, 0.29) is 11.5 Å². The van der Waals surface area contributed by atoms with Crippen molar-refractivity contribution in [3.05, 3.63) is 29.8 Å². The molecule has 2 atom stereocenters. The van der Waals surface area contributed by atoms with Crippen LogP contribution < -0.4 is 10.2 Å². The molecule has 1 saturated carbocycles. The zero-order valence-electron chi connectivity index (χ0n) is 15.3. The molecule has 2 unspecified atom stereocenters. The first-order valence-corrected chi connectivity index (χ1v) is 9.97. The van der Waals surface area contributed by atoms with Gasteiger partial charge in [0.05, 0.1) is 11.7 Å². The van der Waals surface area contributed by atoms with Gasteiger partial charge in [0, 0.05) is 31.2 Å². The largest absolute Gasteiger partial charge is 0.370 e. The standard InChI is InChI=1S/C21H30N2O2/c1-16(22-15-19-10-13-21(25-19)11-2-3-12-21)17-6-8-18(9-7-17)23-14-4-5-20(23)24/h6-9,16,19,22H,2-5,10-15H2,1H3. The van der Waals surface area contributed by atoms with E-state index in [1.165, 1.54) is 44.1 Å². The lowest BCUT2D eigenvalue weighted by Gasteiger charge is -2.25. The van der Waals surface area contributed by atoms with Gasteiger partial charge in [0.2, 0.25) is 5.91 Å². The Balaban J connectivity index is 1.29. The lowest BCUT2D eigenvalue weighted by molar-refractivity contribution is -0.117. The maximum absolute atomic E-state index is 11.8. The summed E-state index contributed by atoms with van der Waals surface area (Å²) < 4.78 is 6.39. The molecular weight excluding hydrogens is 312 g/mol. The second kappa shape index (κ2) is 7.08. The fourth-order valence-electron chi connectivity index (χ4n) is 4.72. The van der Waals surface area contributed by atoms with Crippen LogP contribution in [0, 0.1) is 0 Å². The summed E-state index contributed by atoms with van der Waals surface area (Å²) in [6, 6.07) is 8.75. The van der Waals surface area contributed by atoms with Crippen LogP contribution in [0.1, 0.15) is 69.9 Å². The Morgan fingerprint density at radius 1 is 1.20 bits per heavy atom. The van der Waals surface area contributed by atoms with Crippen LogP contribution in [0.3, 0.4) is 0 Å². The molecule has 1 amide bonds. The van der Waals surface area contributed by atoms with Crippen molar-refractivity contribution in [2.24, 2.45) is 0 Å². The summed E-state index contributed by atoms with van der Waals surface area (Å²) in [5, 5.41) is 3.64. The number of carbonyl (C=O) groups excluding carboxylic acids is 1. The van der Waals surface area contributed by atoms with E-state index in [2.05, 4.69) is 36.5 Å². The molecule has 0 bridgehead atoms. The van der Waals surface area contributed by atoms with Crippen LogP contribution in [0.15, 0.2) is 24.3 Å². The van der Waals surface area contributed by atoms with Gasteiger partial charge in [-0.2, -0.15) is 0 Å². The highest BCUT2D eigenvalue weighted by atomic mass is 16.5. The third-order valence-electron chi connectivity index (χ3n) is 6.28. The first kappa shape index (κ1) is 17.0. The van der Waals surface area contributed by atoms with Gasteiger partial charge >= 0.3 is 0 Å². The number of hydrogen-bond acceptors (Lipinski definition) is 3. The molecule has 136 valence electrons. The second-order valence-electron chi connectivity index (χ2n) is 8.04. The van der Waals surface area contributed by atoms with Gasteiger partial charge in [-0.1, -0.05) is 25.0 Å². The van der Waals surface area contributed by atoms with E-state index >= 15 is 0 Å². The summed E-state index contributed by atoms with van der Waals surface area (Å²) in [4.78, 5) is 13.7. The SMILES string of the molecule is CC(NCC1CCC2(CCCC2)O1)c1ccc(N2CCCC2=O)cc1. The zero-order chi connectivity index (χ0) is 17.3. The molecule has 0 radical (unpaired) electrons. The van der Waals surface area contributed by atoms with E-state index in [1.807, 2.05) is 4.90 Å². The topological polar surface area (TPSA) is 41.6 Å². The molecule has 25 heavy (non-hydrogen) atoms. The quantitative estimate of drug-likeness (QED) is 0.881. The number of nitrogens with zero attached hydrogens (tertiary/aromatic N) is 1. The van der Waals surface area contributed by atoms with Crippen LogP contribution in [-0.2, 0) is 9.53 Å². The van der Waals surface area contributed by atoms with E-state index in [9.17, 15) is 4.79 Å². The van der Waals surface area contributed by atoms with Gasteiger partial charge < -0.3 is 15.0 Å². The minimum Gasteiger partial charge on any atom is -0.370 e. The Labute approximate surface area is 150 Å². The van der Waals surface area contributed by atoms with E-state index in [4.69, 9.17) is 4.74 Å². The normalized spacial score (nSPS) is 26.7. The number of ether oxygens (including phenoxy) is 1. The number of anilines is 1. The predicted octanol–water partition coefficient (Wildman–Crippen LogP) is 3.96. The Morgan fingerprint density at radius 2 is 1.96 bits per heavy atom. The molecule has 1 aliphatic carbocycles. The van der Waals surface area contributed by atoms with Crippen molar-refractivity contribution in [2.75, 3.05) is 18.0 Å². The third kappa shape index (κ3) is 3.61. The van der Waals surface area contributed by atoms with Crippen LogP contribution in [0.4, 0.5) is 5.69 Å². The van der Waals surface area contributed by atoms with Crippen molar-refractivity contribution >= 4 is 11.6 Å². The number of nitrogens with one attached hydrogen (secondary N) is 1. The van der Waals surface area contributed by atoms with E-state index in [0.29, 0.717) is 18.6 Å². The molecule has 4 nitrogen and oxygen atoms in total. The Hall–Kier alpha value is -1.39. The van der Waals surface area contributed by atoms with Crippen LogP contribution in [-0.4, -0.2) is 30.7 Å². The number of rotatable bonds is 5. The fraction of sp³-hybridized carbons (Fsp3) is 0.667. The summed E-state index contributed by atoms with van der Waals surface area (Å²) >= 11 is 0. The molecule has 2 aliphatic heterocycles. The lowest BCUT2D eigenvalue weighted by Crippen LogP contribution is -2.32. The minimum absolute atomic E-state index is 0.222. The van der Waals surface area contributed by atoms with E-state index < -0.39 is 0 Å². The Kier molecular flexibility index (Phi) is 4.83. The third-order valence-corrected chi connectivity index (χ3v) is 6.28. The van der Waals surface area contributed by atoms with Crippen molar-refractivity contribution in [2.45, 2.75) is 76.0 Å². The van der Waals surface area contributed by atoms with Crippen molar-refractivity contribution in [3.8, 4) is 0 Å². The average molecular weight is 342 g/mol. The summed E-state index contributed by atoms with van der Waals surface area (Å²) in [6.45, 7) is 3.98. The van der Waals surface area contributed by atoms with E-state index in [0.717, 1.165) is 25.2 Å². The number of amides is 1. The lowest BCUT2D eigenvalue weighted by atomic mass is 9.98. The Morgan fingerprint density at radius 3 is 2.64 bits per heavy atom. The average Bonchev–Trinajstić information content (AvgIpc) is 3.36. The second-order valence-corrected chi connectivity index (χ2v) is 8.04. The highest BCUT2D eigenvalue weighted by Crippen LogP contribution is 2.43. The highest BCUT2D eigenvalue weighted by molar-refractivity contribution is 5.95. The molecule has 2 heterocycles. The molecule has 0 aromatic heterocycles. The van der Waals surface area contributed by atoms with Crippen LogP contribution in [0.5, 0.6) is 0 Å². The monoisotopic (exact) mass is 342 g/mol. The zero-order valence-corrected chi connectivity index (χ0v) is 15.3. The number of carbonyl (C=O) groups is 1. The molecule has 3 fully saturated rings. The smallest absolute Gasteiger partial charge is 0.227 e. The fourth-order valence-corrected chi connectivity index (χ4v) is 4.72. The molecule has 1 N–H and O–H groups in total. The Bertz CT molecular complexity index is 607. The van der Waals surface area contributed by atoms with Crippen LogP contribution >= 0.6 is 0 Å². The predicted molar refractivity (Wildman–Crippen MR) is 99.8 cm³/mol. The first-order chi connectivity index (χ1) is 12.2. The molecule has 1 aromatic rings. The van der Waals surface area contributed by atoms with Gasteiger partial charge in [-0.25, -0.2) is 0 Å².